The van der Waals surface area contributed by atoms with Gasteiger partial charge >= 0.3 is 0 Å². The number of H-pyrrole nitrogens is 1. The van der Waals surface area contributed by atoms with Crippen LogP contribution in [0.2, 0.25) is 0 Å². The molecule has 0 spiro atoms. The third-order valence-electron chi connectivity index (χ3n) is 4.87. The maximum atomic E-state index is 12.5. The molecule has 1 N–H and O–H groups in total. The number of aromatic nitrogens is 3. The van der Waals surface area contributed by atoms with E-state index >= 15 is 0 Å². The van der Waals surface area contributed by atoms with E-state index in [0.29, 0.717) is 23.5 Å². The lowest BCUT2D eigenvalue weighted by molar-refractivity contribution is -0.135. The molecule has 24 heavy (non-hydrogen) atoms. The van der Waals surface area contributed by atoms with Gasteiger partial charge in [-0.3, -0.25) is 9.89 Å². The lowest BCUT2D eigenvalue weighted by atomic mass is 9.85. The minimum absolute atomic E-state index is 0.0149. The Morgan fingerprint density at radius 2 is 2.12 bits per heavy atom. The highest BCUT2D eigenvalue weighted by Crippen LogP contribution is 2.28. The molecule has 1 aromatic heterocycles. The lowest BCUT2D eigenvalue weighted by Crippen LogP contribution is -2.44. The highest BCUT2D eigenvalue weighted by molar-refractivity contribution is 5.78. The van der Waals surface area contributed by atoms with Crippen molar-refractivity contribution in [3.63, 3.8) is 0 Å². The number of nitrogens with zero attached hydrogens (tertiary/aromatic N) is 3. The van der Waals surface area contributed by atoms with Gasteiger partial charge in [0.2, 0.25) is 0 Å². The van der Waals surface area contributed by atoms with Crippen molar-refractivity contribution in [2.75, 3.05) is 13.7 Å². The van der Waals surface area contributed by atoms with Gasteiger partial charge in [0.15, 0.2) is 12.4 Å². The summed E-state index contributed by atoms with van der Waals surface area (Å²) in [6.07, 6.45) is 6.19. The summed E-state index contributed by atoms with van der Waals surface area (Å²) in [7, 11) is 1.89. The minimum atomic E-state index is 0.0149. The number of ether oxygens (including phenoxy) is 1. The van der Waals surface area contributed by atoms with E-state index in [1.165, 1.54) is 25.6 Å². The van der Waals surface area contributed by atoms with E-state index in [1.54, 1.807) is 0 Å². The molecule has 128 valence electrons. The smallest absolute Gasteiger partial charge is 0.260 e. The van der Waals surface area contributed by atoms with E-state index in [4.69, 9.17) is 4.74 Å². The number of carbonyl (C=O) groups excluding carboxylic acids is 1. The number of nitrogens with one attached hydrogen (secondary N) is 1. The summed E-state index contributed by atoms with van der Waals surface area (Å²) in [5, 5.41) is 6.69. The molecule has 1 amide bonds. The number of likely N-dealkylation sites (N-methyl/N-ethyl adjacent to an activating group) is 1. The molecular formula is C18H24N4O2. The predicted octanol–water partition coefficient (Wildman–Crippen LogP) is 2.89. The zero-order valence-electron chi connectivity index (χ0n) is 14.2. The van der Waals surface area contributed by atoms with Crippen molar-refractivity contribution < 1.29 is 9.53 Å². The molecule has 0 saturated heterocycles. The molecule has 0 bridgehead atoms. The number of para-hydroxylation sites is 1. The number of aromatic amines is 1. The quantitative estimate of drug-likeness (QED) is 0.916. The average molecular weight is 328 g/mol. The van der Waals surface area contributed by atoms with Crippen LogP contribution in [-0.2, 0) is 4.79 Å². The van der Waals surface area contributed by atoms with Gasteiger partial charge in [0.1, 0.15) is 12.1 Å². The van der Waals surface area contributed by atoms with E-state index in [9.17, 15) is 4.79 Å². The molecule has 3 rings (SSSR count). The van der Waals surface area contributed by atoms with Crippen molar-refractivity contribution in [3.05, 3.63) is 30.6 Å². The molecule has 0 radical (unpaired) electrons. The zero-order chi connectivity index (χ0) is 16.9. The lowest BCUT2D eigenvalue weighted by Gasteiger charge is -2.36. The molecule has 0 unspecified atom stereocenters. The molecule has 6 heteroatoms. The monoisotopic (exact) mass is 328 g/mol. The second-order valence-corrected chi connectivity index (χ2v) is 6.45. The van der Waals surface area contributed by atoms with Crippen LogP contribution in [0.1, 0.15) is 32.6 Å². The Hall–Kier alpha value is -2.37. The first-order chi connectivity index (χ1) is 11.7. The SMILES string of the molecule is C[C@H]1CCCC[C@@H]1N(C)C(=O)COc1ccccc1-c1ncn[nH]1. The van der Waals surface area contributed by atoms with Gasteiger partial charge in [-0.1, -0.05) is 31.9 Å². The van der Waals surface area contributed by atoms with Crippen LogP contribution < -0.4 is 4.74 Å². The molecule has 1 aromatic carbocycles. The number of hydrogen-bond acceptors (Lipinski definition) is 4. The van der Waals surface area contributed by atoms with Crippen LogP contribution in [0.4, 0.5) is 0 Å². The van der Waals surface area contributed by atoms with Crippen molar-refractivity contribution >= 4 is 5.91 Å². The Balaban J connectivity index is 1.64. The Bertz CT molecular complexity index is 671. The Labute approximate surface area is 142 Å². The van der Waals surface area contributed by atoms with Crippen LogP contribution in [0.5, 0.6) is 5.75 Å². The van der Waals surface area contributed by atoms with Crippen LogP contribution in [0.15, 0.2) is 30.6 Å². The summed E-state index contributed by atoms with van der Waals surface area (Å²) in [5.74, 6) is 1.83. The fourth-order valence-corrected chi connectivity index (χ4v) is 3.42. The van der Waals surface area contributed by atoms with Gasteiger partial charge in [0.25, 0.3) is 5.91 Å². The van der Waals surface area contributed by atoms with E-state index in [-0.39, 0.29) is 12.5 Å². The number of carbonyl (C=O) groups is 1. The van der Waals surface area contributed by atoms with Crippen LogP contribution in [0.25, 0.3) is 11.4 Å². The van der Waals surface area contributed by atoms with Gasteiger partial charge < -0.3 is 9.64 Å². The minimum Gasteiger partial charge on any atom is -0.483 e. The molecule has 1 heterocycles. The summed E-state index contributed by atoms with van der Waals surface area (Å²) in [4.78, 5) is 18.5. The summed E-state index contributed by atoms with van der Waals surface area (Å²) >= 11 is 0. The Kier molecular flexibility index (Phi) is 5.13. The van der Waals surface area contributed by atoms with Gasteiger partial charge in [0, 0.05) is 13.1 Å². The van der Waals surface area contributed by atoms with Gasteiger partial charge in [-0.25, -0.2) is 4.98 Å². The van der Waals surface area contributed by atoms with Crippen LogP contribution in [0.3, 0.4) is 0 Å². The largest absolute Gasteiger partial charge is 0.483 e. The number of hydrogen-bond donors (Lipinski definition) is 1. The molecule has 1 aliphatic carbocycles. The highest BCUT2D eigenvalue weighted by atomic mass is 16.5. The van der Waals surface area contributed by atoms with Gasteiger partial charge in [-0.2, -0.15) is 5.10 Å². The second-order valence-electron chi connectivity index (χ2n) is 6.45. The van der Waals surface area contributed by atoms with Gasteiger partial charge in [-0.05, 0) is 30.9 Å². The van der Waals surface area contributed by atoms with E-state index in [2.05, 4.69) is 22.1 Å². The molecule has 1 aliphatic rings. The third kappa shape index (κ3) is 3.58. The topological polar surface area (TPSA) is 71.1 Å². The highest BCUT2D eigenvalue weighted by Gasteiger charge is 2.28. The van der Waals surface area contributed by atoms with Crippen LogP contribution in [-0.4, -0.2) is 45.7 Å². The zero-order valence-corrected chi connectivity index (χ0v) is 14.2. The Morgan fingerprint density at radius 3 is 2.88 bits per heavy atom. The molecule has 1 fully saturated rings. The van der Waals surface area contributed by atoms with Crippen LogP contribution in [0, 0.1) is 5.92 Å². The summed E-state index contributed by atoms with van der Waals surface area (Å²) < 4.78 is 5.79. The summed E-state index contributed by atoms with van der Waals surface area (Å²) in [6.45, 7) is 2.26. The van der Waals surface area contributed by atoms with Crippen molar-refractivity contribution in [3.8, 4) is 17.1 Å². The first-order valence-electron chi connectivity index (χ1n) is 8.50. The maximum absolute atomic E-state index is 12.5. The molecule has 2 atom stereocenters. The fourth-order valence-electron chi connectivity index (χ4n) is 3.42. The molecule has 0 aliphatic heterocycles. The first-order valence-corrected chi connectivity index (χ1v) is 8.50. The third-order valence-corrected chi connectivity index (χ3v) is 4.87. The molecule has 1 saturated carbocycles. The van der Waals surface area contributed by atoms with Crippen LogP contribution >= 0.6 is 0 Å². The predicted molar refractivity (Wildman–Crippen MR) is 91.5 cm³/mol. The fraction of sp³-hybridized carbons (Fsp3) is 0.500. The molecule has 2 aromatic rings. The van der Waals surface area contributed by atoms with Crippen molar-refractivity contribution in [2.24, 2.45) is 5.92 Å². The molecule has 6 nitrogen and oxygen atoms in total. The number of benzene rings is 1. The first kappa shape index (κ1) is 16.5. The second kappa shape index (κ2) is 7.47. The van der Waals surface area contributed by atoms with E-state index in [1.807, 2.05) is 36.2 Å². The normalized spacial score (nSPS) is 20.6. The van der Waals surface area contributed by atoms with E-state index < -0.39 is 0 Å². The van der Waals surface area contributed by atoms with E-state index in [0.717, 1.165) is 12.0 Å². The van der Waals surface area contributed by atoms with Crippen molar-refractivity contribution in [1.29, 1.82) is 0 Å². The van der Waals surface area contributed by atoms with Gasteiger partial charge in [0.05, 0.1) is 5.56 Å². The summed E-state index contributed by atoms with van der Waals surface area (Å²) in [6, 6.07) is 7.84. The Morgan fingerprint density at radius 1 is 1.33 bits per heavy atom. The van der Waals surface area contributed by atoms with Crippen molar-refractivity contribution in [2.45, 2.75) is 38.6 Å². The molecular weight excluding hydrogens is 304 g/mol. The summed E-state index contributed by atoms with van der Waals surface area (Å²) in [5.41, 5.74) is 0.802. The maximum Gasteiger partial charge on any atom is 0.260 e. The number of amides is 1. The average Bonchev–Trinajstić information content (AvgIpc) is 3.14. The number of rotatable bonds is 5. The van der Waals surface area contributed by atoms with Gasteiger partial charge in [-0.15, -0.1) is 0 Å². The standard InChI is InChI=1S/C18H24N4O2/c1-13-7-3-5-9-15(13)22(2)17(23)11-24-16-10-6-4-8-14(16)18-19-12-20-21-18/h4,6,8,10,12-13,15H,3,5,7,9,11H2,1-2H3,(H,19,20,21)/t13-,15-/m0/s1. The van der Waals surface area contributed by atoms with Crippen molar-refractivity contribution in [1.82, 2.24) is 20.1 Å².